The molecule has 1 aromatic carbocycles. The molecule has 0 aliphatic carbocycles. The summed E-state index contributed by atoms with van der Waals surface area (Å²) in [7, 11) is 1.38. The van der Waals surface area contributed by atoms with E-state index >= 15 is 0 Å². The molecule has 1 N–H and O–H groups in total. The molecule has 0 aromatic heterocycles. The van der Waals surface area contributed by atoms with Crippen LogP contribution in [0.15, 0.2) is 18.2 Å². The van der Waals surface area contributed by atoms with Gasteiger partial charge in [0.1, 0.15) is 6.54 Å². The van der Waals surface area contributed by atoms with Gasteiger partial charge in [0.05, 0.1) is 7.11 Å². The van der Waals surface area contributed by atoms with Gasteiger partial charge in [0.2, 0.25) is 0 Å². The van der Waals surface area contributed by atoms with Crippen LogP contribution in [0.25, 0.3) is 0 Å². The fraction of sp³-hybridized carbons (Fsp3) is 0.222. The highest BCUT2D eigenvalue weighted by atomic mass is 127. The summed E-state index contributed by atoms with van der Waals surface area (Å²) in [4.78, 5) is 10.9. The summed E-state index contributed by atoms with van der Waals surface area (Å²) in [5.41, 5.74) is 0.937. The van der Waals surface area contributed by atoms with Crippen molar-refractivity contribution in [2.24, 2.45) is 0 Å². The van der Waals surface area contributed by atoms with Crippen molar-refractivity contribution < 1.29 is 9.53 Å². The molecule has 0 unspecified atom stereocenters. The Morgan fingerprint density at radius 3 is 2.43 bits per heavy atom. The van der Waals surface area contributed by atoms with Gasteiger partial charge in [0.25, 0.3) is 0 Å². The van der Waals surface area contributed by atoms with Gasteiger partial charge < -0.3 is 10.1 Å². The first-order chi connectivity index (χ1) is 6.61. The van der Waals surface area contributed by atoms with Crippen LogP contribution in [0.1, 0.15) is 0 Å². The van der Waals surface area contributed by atoms with E-state index in [1.165, 1.54) is 7.11 Å². The summed E-state index contributed by atoms with van der Waals surface area (Å²) in [5.74, 6) is -0.265. The summed E-state index contributed by atoms with van der Waals surface area (Å²) in [6.45, 7) is 0.201. The normalized spacial score (nSPS) is 9.64. The molecule has 0 heterocycles. The average Bonchev–Trinajstić information content (AvgIpc) is 2.12. The number of hydrogen-bond donors (Lipinski definition) is 1. The first-order valence-electron chi connectivity index (χ1n) is 3.88. The third-order valence-corrected chi connectivity index (χ3v) is 2.77. The highest BCUT2D eigenvalue weighted by molar-refractivity contribution is 14.1. The predicted octanol–water partition coefficient (Wildman–Crippen LogP) is 2.48. The number of carbonyl (C=O) groups is 1. The Labute approximate surface area is 110 Å². The molecule has 0 saturated carbocycles. The maximum Gasteiger partial charge on any atom is 0.325 e. The molecule has 76 valence electrons. The van der Waals surface area contributed by atoms with Gasteiger partial charge >= 0.3 is 5.97 Å². The van der Waals surface area contributed by atoms with Crippen LogP contribution in [0.4, 0.5) is 5.69 Å². The lowest BCUT2D eigenvalue weighted by molar-refractivity contribution is -0.138. The molecular formula is C9H9I2NO2. The van der Waals surface area contributed by atoms with Gasteiger partial charge in [-0.15, -0.1) is 0 Å². The molecule has 1 aromatic rings. The van der Waals surface area contributed by atoms with Gasteiger partial charge in [0.15, 0.2) is 0 Å². The highest BCUT2D eigenvalue weighted by Gasteiger charge is 2.01. The Morgan fingerprint density at radius 2 is 1.93 bits per heavy atom. The number of anilines is 1. The van der Waals surface area contributed by atoms with Gasteiger partial charge in [-0.25, -0.2) is 0 Å². The van der Waals surface area contributed by atoms with Gasteiger partial charge in [-0.05, 0) is 63.4 Å². The summed E-state index contributed by atoms with van der Waals surface area (Å²) in [6.07, 6.45) is 0. The molecule has 0 atom stereocenters. The summed E-state index contributed by atoms with van der Waals surface area (Å²) >= 11 is 4.47. The van der Waals surface area contributed by atoms with E-state index in [0.29, 0.717) is 0 Å². The maximum atomic E-state index is 10.9. The highest BCUT2D eigenvalue weighted by Crippen LogP contribution is 2.17. The van der Waals surface area contributed by atoms with E-state index in [-0.39, 0.29) is 12.5 Å². The molecule has 3 nitrogen and oxygen atoms in total. The Hall–Kier alpha value is -0.0500. The number of nitrogens with one attached hydrogen (secondary N) is 1. The van der Waals surface area contributed by atoms with Crippen molar-refractivity contribution in [3.8, 4) is 0 Å². The van der Waals surface area contributed by atoms with Crippen molar-refractivity contribution in [1.82, 2.24) is 0 Å². The Bertz CT molecular complexity index is 321. The third kappa shape index (κ3) is 3.99. The van der Waals surface area contributed by atoms with Crippen molar-refractivity contribution in [3.63, 3.8) is 0 Å². The lowest BCUT2D eigenvalue weighted by atomic mass is 10.3. The number of carbonyl (C=O) groups excluding carboxylic acids is 1. The van der Waals surface area contributed by atoms with Gasteiger partial charge in [-0.1, -0.05) is 0 Å². The van der Waals surface area contributed by atoms with E-state index in [9.17, 15) is 4.79 Å². The molecule has 14 heavy (non-hydrogen) atoms. The summed E-state index contributed by atoms with van der Waals surface area (Å²) in [6, 6.07) is 6.02. The second-order valence-corrected chi connectivity index (χ2v) is 5.08. The van der Waals surface area contributed by atoms with Crippen molar-refractivity contribution >= 4 is 56.8 Å². The molecule has 5 heteroatoms. The molecule has 0 saturated heterocycles. The van der Waals surface area contributed by atoms with Crippen LogP contribution in [0.2, 0.25) is 0 Å². The lowest BCUT2D eigenvalue weighted by Crippen LogP contribution is -2.15. The largest absolute Gasteiger partial charge is 0.468 e. The van der Waals surface area contributed by atoms with Crippen LogP contribution in [0, 0.1) is 7.14 Å². The molecule has 0 radical (unpaired) electrons. The second-order valence-electron chi connectivity index (χ2n) is 2.59. The quantitative estimate of drug-likeness (QED) is 0.607. The Kier molecular flexibility index (Phi) is 4.93. The van der Waals surface area contributed by atoms with Crippen LogP contribution in [-0.2, 0) is 9.53 Å². The summed E-state index contributed by atoms with van der Waals surface area (Å²) in [5, 5.41) is 2.99. The number of rotatable bonds is 3. The zero-order valence-electron chi connectivity index (χ0n) is 7.51. The minimum Gasteiger partial charge on any atom is -0.468 e. The van der Waals surface area contributed by atoms with E-state index in [4.69, 9.17) is 0 Å². The van der Waals surface area contributed by atoms with Gasteiger partial charge in [-0.2, -0.15) is 0 Å². The molecule has 0 bridgehead atoms. The van der Waals surface area contributed by atoms with E-state index in [1.807, 2.05) is 12.1 Å². The summed E-state index contributed by atoms with van der Waals surface area (Å²) < 4.78 is 6.81. The molecule has 0 amide bonds. The van der Waals surface area contributed by atoms with Crippen LogP contribution in [0.3, 0.4) is 0 Å². The smallest absolute Gasteiger partial charge is 0.325 e. The van der Waals surface area contributed by atoms with E-state index in [1.54, 1.807) is 0 Å². The molecule has 1 rings (SSSR count). The van der Waals surface area contributed by atoms with Crippen LogP contribution < -0.4 is 5.32 Å². The molecule has 0 aliphatic rings. The lowest BCUT2D eigenvalue weighted by Gasteiger charge is -2.05. The van der Waals surface area contributed by atoms with Gasteiger partial charge in [0, 0.05) is 12.8 Å². The first kappa shape index (κ1) is 12.0. The molecular weight excluding hydrogens is 408 g/mol. The van der Waals surface area contributed by atoms with Crippen LogP contribution >= 0.6 is 45.2 Å². The topological polar surface area (TPSA) is 38.3 Å². The van der Waals surface area contributed by atoms with Crippen molar-refractivity contribution in [2.75, 3.05) is 19.0 Å². The van der Waals surface area contributed by atoms with Crippen molar-refractivity contribution in [1.29, 1.82) is 0 Å². The average molecular weight is 417 g/mol. The number of ether oxygens (including phenoxy) is 1. The predicted molar refractivity (Wildman–Crippen MR) is 72.4 cm³/mol. The minimum absolute atomic E-state index is 0.201. The number of hydrogen-bond acceptors (Lipinski definition) is 3. The van der Waals surface area contributed by atoms with E-state index < -0.39 is 0 Å². The zero-order chi connectivity index (χ0) is 10.6. The number of halogens is 2. The molecule has 0 spiro atoms. The van der Waals surface area contributed by atoms with Crippen LogP contribution in [-0.4, -0.2) is 19.6 Å². The maximum absolute atomic E-state index is 10.9. The number of benzene rings is 1. The first-order valence-corrected chi connectivity index (χ1v) is 6.04. The van der Waals surface area contributed by atoms with Gasteiger partial charge in [-0.3, -0.25) is 4.79 Å². The fourth-order valence-corrected chi connectivity index (χ4v) is 2.84. The SMILES string of the molecule is COC(=O)CNc1cc(I)cc(I)c1. The fourth-order valence-electron chi connectivity index (χ4n) is 0.902. The minimum atomic E-state index is -0.265. The van der Waals surface area contributed by atoms with Crippen molar-refractivity contribution in [2.45, 2.75) is 0 Å². The van der Waals surface area contributed by atoms with Crippen LogP contribution in [0.5, 0.6) is 0 Å². The second kappa shape index (κ2) is 5.74. The number of methoxy groups -OCH3 is 1. The third-order valence-electron chi connectivity index (χ3n) is 1.53. The van der Waals surface area contributed by atoms with Crippen molar-refractivity contribution in [3.05, 3.63) is 25.3 Å². The Balaban J connectivity index is 2.63. The standard InChI is InChI=1S/C9H9I2NO2/c1-14-9(13)5-12-8-3-6(10)2-7(11)4-8/h2-4,12H,5H2,1H3. The Morgan fingerprint density at radius 1 is 1.36 bits per heavy atom. The monoisotopic (exact) mass is 417 g/mol. The number of esters is 1. The zero-order valence-corrected chi connectivity index (χ0v) is 11.8. The molecule has 0 aliphatic heterocycles. The van der Waals surface area contributed by atoms with E-state index in [0.717, 1.165) is 12.8 Å². The van der Waals surface area contributed by atoms with E-state index in [2.05, 4.69) is 61.3 Å². The molecule has 0 fully saturated rings.